The van der Waals surface area contributed by atoms with Gasteiger partial charge in [-0.1, -0.05) is 0 Å². The van der Waals surface area contributed by atoms with Crippen molar-refractivity contribution in [1.29, 1.82) is 0 Å². The van der Waals surface area contributed by atoms with Gasteiger partial charge >= 0.3 is 0 Å². The average molecular weight is 227 g/mol. The highest BCUT2D eigenvalue weighted by molar-refractivity contribution is 7.98. The molecule has 0 aliphatic heterocycles. The molecule has 1 heterocycles. The summed E-state index contributed by atoms with van der Waals surface area (Å²) in [7, 11) is 1.39. The number of hydrogen-bond donors (Lipinski definition) is 1. The van der Waals surface area contributed by atoms with E-state index in [0.29, 0.717) is 22.1 Å². The molecule has 0 saturated heterocycles. The molecule has 15 heavy (non-hydrogen) atoms. The zero-order valence-corrected chi connectivity index (χ0v) is 9.94. The normalized spacial score (nSPS) is 10.1. The summed E-state index contributed by atoms with van der Waals surface area (Å²) in [5.74, 6) is 0.338. The summed E-state index contributed by atoms with van der Waals surface area (Å²) in [6.07, 6.45) is 1.87. The summed E-state index contributed by atoms with van der Waals surface area (Å²) in [4.78, 5) is 24.5. The molecular formula is C9H13N3O2S. The summed E-state index contributed by atoms with van der Waals surface area (Å²) in [6, 6.07) is 0. The number of aromatic nitrogens is 2. The molecule has 82 valence electrons. The first-order valence-electron chi connectivity index (χ1n) is 4.32. The van der Waals surface area contributed by atoms with Crippen LogP contribution in [-0.2, 0) is 4.84 Å². The second-order valence-electron chi connectivity index (χ2n) is 2.88. The Morgan fingerprint density at radius 3 is 2.60 bits per heavy atom. The molecule has 0 unspecified atom stereocenters. The van der Waals surface area contributed by atoms with Crippen molar-refractivity contribution in [3.05, 3.63) is 17.1 Å². The number of nitrogens with zero attached hydrogens (tertiary/aromatic N) is 2. The number of aryl methyl sites for hydroxylation is 2. The largest absolute Gasteiger partial charge is 0.279 e. The summed E-state index contributed by atoms with van der Waals surface area (Å²) in [5.41, 5.74) is 3.39. The first-order chi connectivity index (χ1) is 7.10. The van der Waals surface area contributed by atoms with Gasteiger partial charge in [0.05, 0.1) is 18.4 Å². The maximum atomic E-state index is 11.6. The molecule has 0 atom stereocenters. The minimum atomic E-state index is -0.320. The van der Waals surface area contributed by atoms with Crippen LogP contribution in [0.1, 0.15) is 21.9 Å². The lowest BCUT2D eigenvalue weighted by atomic mass is 10.2. The monoisotopic (exact) mass is 227 g/mol. The first-order valence-corrected chi connectivity index (χ1v) is 5.55. The molecule has 6 heteroatoms. The molecular weight excluding hydrogens is 214 g/mol. The van der Waals surface area contributed by atoms with Crippen LogP contribution < -0.4 is 5.48 Å². The fraction of sp³-hybridized carbons (Fsp3) is 0.444. The van der Waals surface area contributed by atoms with Crippen molar-refractivity contribution >= 4 is 17.7 Å². The number of hydrogen-bond acceptors (Lipinski definition) is 5. The van der Waals surface area contributed by atoms with Crippen molar-refractivity contribution in [2.45, 2.75) is 18.9 Å². The van der Waals surface area contributed by atoms with Gasteiger partial charge in [0.1, 0.15) is 10.9 Å². The Balaban J connectivity index is 3.20. The maximum Gasteiger partial charge on any atom is 0.279 e. The molecule has 0 aromatic carbocycles. The Morgan fingerprint density at radius 2 is 2.07 bits per heavy atom. The van der Waals surface area contributed by atoms with Crippen LogP contribution in [0.5, 0.6) is 0 Å². The molecule has 1 aromatic heterocycles. The standard InChI is InChI=1S/C9H13N3O2S/c1-5-7(8(13)12-14-3)9(15-4)11-6(2)10-5/h1-4H3,(H,12,13). The third kappa shape index (κ3) is 2.66. The lowest BCUT2D eigenvalue weighted by molar-refractivity contribution is 0.0532. The number of carbonyl (C=O) groups is 1. The van der Waals surface area contributed by atoms with E-state index < -0.39 is 0 Å². The van der Waals surface area contributed by atoms with E-state index >= 15 is 0 Å². The van der Waals surface area contributed by atoms with E-state index in [1.807, 2.05) is 6.26 Å². The molecule has 5 nitrogen and oxygen atoms in total. The van der Waals surface area contributed by atoms with Gasteiger partial charge in [-0.15, -0.1) is 11.8 Å². The van der Waals surface area contributed by atoms with Gasteiger partial charge in [-0.05, 0) is 20.1 Å². The van der Waals surface area contributed by atoms with E-state index in [1.165, 1.54) is 18.9 Å². The molecule has 0 aliphatic rings. The summed E-state index contributed by atoms with van der Waals surface area (Å²) in [6.45, 7) is 3.57. The van der Waals surface area contributed by atoms with E-state index in [0.717, 1.165) is 0 Å². The number of carbonyl (C=O) groups excluding carboxylic acids is 1. The maximum absolute atomic E-state index is 11.6. The highest BCUT2D eigenvalue weighted by Gasteiger charge is 2.16. The Bertz CT molecular complexity index is 382. The van der Waals surface area contributed by atoms with Crippen LogP contribution in [0.25, 0.3) is 0 Å². The van der Waals surface area contributed by atoms with Crippen LogP contribution in [-0.4, -0.2) is 29.2 Å². The van der Waals surface area contributed by atoms with Crippen LogP contribution in [0.3, 0.4) is 0 Å². The fourth-order valence-electron chi connectivity index (χ4n) is 1.23. The van der Waals surface area contributed by atoms with E-state index in [2.05, 4.69) is 20.3 Å². The lowest BCUT2D eigenvalue weighted by Crippen LogP contribution is -2.24. The Labute approximate surface area is 92.6 Å². The van der Waals surface area contributed by atoms with Crippen LogP contribution >= 0.6 is 11.8 Å². The summed E-state index contributed by atoms with van der Waals surface area (Å²) in [5, 5.41) is 0.662. The van der Waals surface area contributed by atoms with Crippen molar-refractivity contribution < 1.29 is 9.63 Å². The van der Waals surface area contributed by atoms with Crippen LogP contribution in [0.15, 0.2) is 5.03 Å². The Kier molecular flexibility index (Phi) is 4.05. The van der Waals surface area contributed by atoms with E-state index in [4.69, 9.17) is 0 Å². The number of amides is 1. The van der Waals surface area contributed by atoms with Crippen molar-refractivity contribution in [1.82, 2.24) is 15.4 Å². The first kappa shape index (κ1) is 11.9. The van der Waals surface area contributed by atoms with Gasteiger partial charge in [0.15, 0.2) is 0 Å². The number of nitrogens with one attached hydrogen (secondary N) is 1. The van der Waals surface area contributed by atoms with E-state index in [1.54, 1.807) is 13.8 Å². The van der Waals surface area contributed by atoms with Crippen molar-refractivity contribution in [3.63, 3.8) is 0 Å². The van der Waals surface area contributed by atoms with Gasteiger partial charge in [0.25, 0.3) is 5.91 Å². The van der Waals surface area contributed by atoms with Gasteiger partial charge in [-0.25, -0.2) is 15.4 Å². The second-order valence-corrected chi connectivity index (χ2v) is 3.67. The minimum Gasteiger partial charge on any atom is -0.277 e. The molecule has 0 bridgehead atoms. The van der Waals surface area contributed by atoms with Gasteiger partial charge in [-0.2, -0.15) is 0 Å². The number of rotatable bonds is 3. The molecule has 1 N–H and O–H groups in total. The SMILES string of the molecule is CONC(=O)c1c(C)nc(C)nc1SC. The molecule has 0 spiro atoms. The predicted molar refractivity (Wildman–Crippen MR) is 57.8 cm³/mol. The molecule has 0 fully saturated rings. The Hall–Kier alpha value is -1.14. The van der Waals surface area contributed by atoms with Crippen LogP contribution in [0, 0.1) is 13.8 Å². The van der Waals surface area contributed by atoms with Crippen molar-refractivity contribution in [2.24, 2.45) is 0 Å². The predicted octanol–water partition coefficient (Wildman–Crippen LogP) is 1.11. The zero-order valence-electron chi connectivity index (χ0n) is 9.12. The molecule has 1 aromatic rings. The van der Waals surface area contributed by atoms with Gasteiger partial charge in [0, 0.05) is 0 Å². The highest BCUT2D eigenvalue weighted by atomic mass is 32.2. The van der Waals surface area contributed by atoms with Crippen LogP contribution in [0.4, 0.5) is 0 Å². The van der Waals surface area contributed by atoms with Crippen molar-refractivity contribution in [2.75, 3.05) is 13.4 Å². The second kappa shape index (κ2) is 5.09. The summed E-state index contributed by atoms with van der Waals surface area (Å²) < 4.78 is 0. The van der Waals surface area contributed by atoms with Gasteiger partial charge in [0.2, 0.25) is 0 Å². The quantitative estimate of drug-likeness (QED) is 0.476. The third-order valence-electron chi connectivity index (χ3n) is 1.78. The summed E-state index contributed by atoms with van der Waals surface area (Å²) >= 11 is 1.41. The third-order valence-corrected chi connectivity index (χ3v) is 2.47. The number of thioether (sulfide) groups is 1. The van der Waals surface area contributed by atoms with E-state index in [-0.39, 0.29) is 5.91 Å². The van der Waals surface area contributed by atoms with E-state index in [9.17, 15) is 4.79 Å². The Morgan fingerprint density at radius 1 is 1.40 bits per heavy atom. The minimum absolute atomic E-state index is 0.320. The highest BCUT2D eigenvalue weighted by Crippen LogP contribution is 2.20. The van der Waals surface area contributed by atoms with Gasteiger partial charge < -0.3 is 0 Å². The fourth-order valence-corrected chi connectivity index (χ4v) is 1.90. The average Bonchev–Trinajstić information content (AvgIpc) is 2.16. The van der Waals surface area contributed by atoms with Crippen molar-refractivity contribution in [3.8, 4) is 0 Å². The molecule has 0 aliphatic carbocycles. The topological polar surface area (TPSA) is 64.1 Å². The molecule has 1 amide bonds. The lowest BCUT2D eigenvalue weighted by Gasteiger charge is -2.09. The van der Waals surface area contributed by atoms with Crippen LogP contribution in [0.2, 0.25) is 0 Å². The molecule has 1 rings (SSSR count). The smallest absolute Gasteiger partial charge is 0.277 e. The number of hydroxylamine groups is 1. The molecule has 0 saturated carbocycles. The zero-order chi connectivity index (χ0) is 11.4. The molecule has 0 radical (unpaired) electrons. The van der Waals surface area contributed by atoms with Gasteiger partial charge in [-0.3, -0.25) is 9.63 Å².